The number of fused-ring (bicyclic) bond motifs is 1. The van der Waals surface area contributed by atoms with Crippen LogP contribution in [0.3, 0.4) is 0 Å². The van der Waals surface area contributed by atoms with Crippen molar-refractivity contribution in [2.45, 2.75) is 24.3 Å². The van der Waals surface area contributed by atoms with Crippen molar-refractivity contribution >= 4 is 49.1 Å². The lowest BCUT2D eigenvalue weighted by Crippen LogP contribution is -2.18. The SMILES string of the molecule is CSCCn1c(=NC(=O)C2CC2)sc2cc(S(C)(=O)=O)ccc21. The lowest BCUT2D eigenvalue weighted by Gasteiger charge is -2.04. The van der Waals surface area contributed by atoms with E-state index in [0.29, 0.717) is 9.70 Å². The Kier molecular flexibility index (Phi) is 4.66. The highest BCUT2D eigenvalue weighted by Crippen LogP contribution is 2.30. The van der Waals surface area contributed by atoms with Crippen molar-refractivity contribution in [1.29, 1.82) is 0 Å². The molecule has 2 aromatic rings. The molecule has 1 saturated carbocycles. The Morgan fingerprint density at radius 2 is 2.17 bits per heavy atom. The fraction of sp³-hybridized carbons (Fsp3) is 0.467. The number of hydrogen-bond donors (Lipinski definition) is 0. The number of rotatable bonds is 5. The zero-order valence-corrected chi connectivity index (χ0v) is 15.4. The number of aryl methyl sites for hydroxylation is 1. The molecular weight excluding hydrogens is 352 g/mol. The molecule has 1 aliphatic carbocycles. The van der Waals surface area contributed by atoms with E-state index in [2.05, 4.69) is 4.99 Å². The number of carbonyl (C=O) groups excluding carboxylic acids is 1. The van der Waals surface area contributed by atoms with Gasteiger partial charge >= 0.3 is 0 Å². The van der Waals surface area contributed by atoms with Gasteiger partial charge in [0.2, 0.25) is 0 Å². The van der Waals surface area contributed by atoms with Crippen LogP contribution in [0.1, 0.15) is 12.8 Å². The van der Waals surface area contributed by atoms with Crippen molar-refractivity contribution in [3.63, 3.8) is 0 Å². The van der Waals surface area contributed by atoms with E-state index in [0.717, 1.165) is 35.4 Å². The topological polar surface area (TPSA) is 68.5 Å². The molecule has 1 aliphatic rings. The number of amides is 1. The summed E-state index contributed by atoms with van der Waals surface area (Å²) in [6.07, 6.45) is 5.08. The molecule has 3 rings (SSSR count). The Morgan fingerprint density at radius 3 is 2.78 bits per heavy atom. The third kappa shape index (κ3) is 3.70. The average molecular weight is 371 g/mol. The summed E-state index contributed by atoms with van der Waals surface area (Å²) in [7, 11) is -3.25. The first-order valence-electron chi connectivity index (χ1n) is 7.31. The summed E-state index contributed by atoms with van der Waals surface area (Å²) in [4.78, 5) is 17.3. The van der Waals surface area contributed by atoms with Gasteiger partial charge in [-0.15, -0.1) is 0 Å². The number of benzene rings is 1. The molecule has 1 aromatic carbocycles. The molecule has 0 radical (unpaired) electrons. The van der Waals surface area contributed by atoms with Crippen molar-refractivity contribution in [3.05, 3.63) is 23.0 Å². The number of nitrogens with zero attached hydrogens (tertiary/aromatic N) is 2. The first-order valence-corrected chi connectivity index (χ1v) is 11.4. The smallest absolute Gasteiger partial charge is 0.251 e. The lowest BCUT2D eigenvalue weighted by molar-refractivity contribution is -0.119. The van der Waals surface area contributed by atoms with Gasteiger partial charge < -0.3 is 4.57 Å². The number of thiazole rings is 1. The second-order valence-electron chi connectivity index (χ2n) is 5.66. The van der Waals surface area contributed by atoms with Crippen LogP contribution in [0.2, 0.25) is 0 Å². The Bertz CT molecular complexity index is 921. The van der Waals surface area contributed by atoms with Crippen LogP contribution >= 0.6 is 23.1 Å². The molecule has 0 aliphatic heterocycles. The second kappa shape index (κ2) is 6.41. The van der Waals surface area contributed by atoms with Crippen molar-refractivity contribution < 1.29 is 13.2 Å². The monoisotopic (exact) mass is 370 g/mol. The average Bonchev–Trinajstić information content (AvgIpc) is 3.27. The zero-order valence-electron chi connectivity index (χ0n) is 13.0. The minimum atomic E-state index is -3.25. The molecule has 23 heavy (non-hydrogen) atoms. The molecule has 1 fully saturated rings. The summed E-state index contributed by atoms with van der Waals surface area (Å²) >= 11 is 3.10. The maximum Gasteiger partial charge on any atom is 0.251 e. The fourth-order valence-corrected chi connectivity index (χ4v) is 4.47. The number of aromatic nitrogens is 1. The summed E-state index contributed by atoms with van der Waals surface area (Å²) in [6.45, 7) is 0.746. The third-order valence-corrected chi connectivity index (χ3v) is 6.48. The minimum absolute atomic E-state index is 0.0576. The van der Waals surface area contributed by atoms with Gasteiger partial charge in [0.05, 0.1) is 15.1 Å². The van der Waals surface area contributed by atoms with Crippen molar-refractivity contribution in [3.8, 4) is 0 Å². The molecule has 1 heterocycles. The van der Waals surface area contributed by atoms with Gasteiger partial charge in [-0.1, -0.05) is 11.3 Å². The molecule has 0 spiro atoms. The molecule has 0 atom stereocenters. The Hall–Kier alpha value is -1.12. The second-order valence-corrected chi connectivity index (χ2v) is 9.67. The normalized spacial score (nSPS) is 16.2. The van der Waals surface area contributed by atoms with Crippen LogP contribution in [0.4, 0.5) is 0 Å². The Balaban J connectivity index is 2.15. The number of carbonyl (C=O) groups is 1. The predicted octanol–water partition coefficient (Wildman–Crippen LogP) is 2.31. The van der Waals surface area contributed by atoms with E-state index >= 15 is 0 Å². The predicted molar refractivity (Wildman–Crippen MR) is 94.6 cm³/mol. The molecular formula is C15H18N2O3S3. The van der Waals surface area contributed by atoms with Crippen LogP contribution in [0, 0.1) is 5.92 Å². The maximum atomic E-state index is 12.0. The van der Waals surface area contributed by atoms with E-state index in [9.17, 15) is 13.2 Å². The van der Waals surface area contributed by atoms with E-state index in [1.165, 1.54) is 17.6 Å². The Morgan fingerprint density at radius 1 is 1.43 bits per heavy atom. The summed E-state index contributed by atoms with van der Waals surface area (Å²) in [5.41, 5.74) is 0.929. The summed E-state index contributed by atoms with van der Waals surface area (Å²) in [5.74, 6) is 0.934. The van der Waals surface area contributed by atoms with Gasteiger partial charge in [0.25, 0.3) is 5.91 Å². The molecule has 5 nitrogen and oxygen atoms in total. The molecule has 0 unspecified atom stereocenters. The molecule has 1 amide bonds. The molecule has 0 saturated heterocycles. The third-order valence-electron chi connectivity index (χ3n) is 3.73. The first kappa shape index (κ1) is 16.7. The van der Waals surface area contributed by atoms with Gasteiger partial charge in [-0.3, -0.25) is 4.79 Å². The number of hydrogen-bond acceptors (Lipinski definition) is 5. The van der Waals surface area contributed by atoms with E-state index in [1.54, 1.807) is 23.9 Å². The van der Waals surface area contributed by atoms with Gasteiger partial charge in [-0.25, -0.2) is 8.42 Å². The van der Waals surface area contributed by atoms with Gasteiger partial charge in [0.15, 0.2) is 14.6 Å². The van der Waals surface area contributed by atoms with Crippen molar-refractivity contribution in [2.75, 3.05) is 18.3 Å². The summed E-state index contributed by atoms with van der Waals surface area (Å²) < 4.78 is 26.3. The minimum Gasteiger partial charge on any atom is -0.316 e. The van der Waals surface area contributed by atoms with Gasteiger partial charge in [-0.05, 0) is 37.3 Å². The largest absolute Gasteiger partial charge is 0.316 e. The highest BCUT2D eigenvalue weighted by atomic mass is 32.2. The van der Waals surface area contributed by atoms with Crippen molar-refractivity contribution in [1.82, 2.24) is 4.57 Å². The summed E-state index contributed by atoms with van der Waals surface area (Å²) in [6, 6.07) is 5.10. The van der Waals surface area contributed by atoms with E-state index in [1.807, 2.05) is 16.9 Å². The van der Waals surface area contributed by atoms with E-state index in [-0.39, 0.29) is 11.8 Å². The number of thioether (sulfide) groups is 1. The molecule has 8 heteroatoms. The van der Waals surface area contributed by atoms with Crippen LogP contribution in [0.25, 0.3) is 10.2 Å². The maximum absolute atomic E-state index is 12.0. The highest BCUT2D eigenvalue weighted by Gasteiger charge is 2.29. The van der Waals surface area contributed by atoms with E-state index in [4.69, 9.17) is 0 Å². The molecule has 0 N–H and O–H groups in total. The first-order chi connectivity index (χ1) is 10.9. The highest BCUT2D eigenvalue weighted by molar-refractivity contribution is 7.98. The van der Waals surface area contributed by atoms with Crippen molar-refractivity contribution in [2.24, 2.45) is 10.9 Å². The van der Waals surface area contributed by atoms with Gasteiger partial charge in [-0.2, -0.15) is 16.8 Å². The van der Waals surface area contributed by atoms with Crippen LogP contribution in [-0.4, -0.2) is 37.2 Å². The van der Waals surface area contributed by atoms with Crippen LogP contribution in [-0.2, 0) is 21.2 Å². The molecule has 1 aromatic heterocycles. The van der Waals surface area contributed by atoms with E-state index < -0.39 is 9.84 Å². The summed E-state index contributed by atoms with van der Waals surface area (Å²) in [5, 5.41) is 0. The quantitative estimate of drug-likeness (QED) is 0.810. The zero-order chi connectivity index (χ0) is 16.6. The molecule has 0 bridgehead atoms. The Labute approximate surface area is 143 Å². The van der Waals surface area contributed by atoms with Crippen LogP contribution in [0.15, 0.2) is 28.1 Å². The fourth-order valence-electron chi connectivity index (χ4n) is 2.28. The van der Waals surface area contributed by atoms with Gasteiger partial charge in [0.1, 0.15) is 0 Å². The molecule has 124 valence electrons. The number of sulfone groups is 1. The lowest BCUT2D eigenvalue weighted by atomic mass is 10.3. The van der Waals surface area contributed by atoms with Gasteiger partial charge in [0, 0.05) is 24.5 Å². The van der Waals surface area contributed by atoms with Crippen LogP contribution < -0.4 is 4.80 Å². The van der Waals surface area contributed by atoms with Crippen LogP contribution in [0.5, 0.6) is 0 Å². The standard InChI is InChI=1S/C15H18N2O3S3/c1-21-8-7-17-12-6-5-11(23(2,19)20)9-13(12)22-15(17)16-14(18)10-3-4-10/h5-6,9-10H,3-4,7-8H2,1-2H3.